The van der Waals surface area contributed by atoms with Gasteiger partial charge in [0.15, 0.2) is 29.6 Å². The third kappa shape index (κ3) is 7.49. The number of nitrogens with zero attached hydrogens (tertiary/aromatic N) is 1. The number of benzene rings is 2. The summed E-state index contributed by atoms with van der Waals surface area (Å²) in [6.07, 6.45) is 1.39. The fourth-order valence-electron chi connectivity index (χ4n) is 3.76. The van der Waals surface area contributed by atoms with E-state index in [-0.39, 0.29) is 36.0 Å². The molecule has 3 N–H and O–H groups in total. The number of carbonyl (C=O) groups excluding carboxylic acids is 4. The maximum absolute atomic E-state index is 12.6. The highest BCUT2D eigenvalue weighted by atomic mass is 16.6. The van der Waals surface area contributed by atoms with E-state index in [0.717, 1.165) is 0 Å². The van der Waals surface area contributed by atoms with Crippen molar-refractivity contribution in [3.8, 4) is 23.0 Å². The van der Waals surface area contributed by atoms with Crippen LogP contribution in [-0.4, -0.2) is 57.5 Å². The highest BCUT2D eigenvalue weighted by molar-refractivity contribution is 5.95. The van der Waals surface area contributed by atoms with Crippen LogP contribution in [0.5, 0.6) is 23.0 Å². The topological polar surface area (TPSA) is 163 Å². The van der Waals surface area contributed by atoms with E-state index >= 15 is 0 Å². The summed E-state index contributed by atoms with van der Waals surface area (Å²) in [6, 6.07) is 8.32. The number of allylic oxidation sites excluding steroid dienone is 1. The third-order valence-corrected chi connectivity index (χ3v) is 5.49. The molecule has 1 atom stereocenters. The van der Waals surface area contributed by atoms with Crippen molar-refractivity contribution in [3.05, 3.63) is 58.8 Å². The van der Waals surface area contributed by atoms with Crippen molar-refractivity contribution in [3.63, 3.8) is 0 Å². The number of amides is 3. The number of methoxy groups -OCH3 is 2. The minimum atomic E-state index is -0.782. The van der Waals surface area contributed by atoms with Crippen LogP contribution in [0, 0.1) is 0 Å². The van der Waals surface area contributed by atoms with Gasteiger partial charge in [-0.1, -0.05) is 6.07 Å². The number of ether oxygens (including phenoxy) is 5. The lowest BCUT2D eigenvalue weighted by molar-refractivity contribution is -0.139. The molecule has 0 bridgehead atoms. The van der Waals surface area contributed by atoms with Gasteiger partial charge in [-0.3, -0.25) is 9.59 Å². The lowest BCUT2D eigenvalue weighted by Gasteiger charge is -2.28. The van der Waals surface area contributed by atoms with Gasteiger partial charge in [0.1, 0.15) is 0 Å². The molecule has 1 aliphatic heterocycles. The number of hydrogen-bond acceptors (Lipinski definition) is 10. The quantitative estimate of drug-likeness (QED) is 0.164. The molecule has 3 rings (SSSR count). The summed E-state index contributed by atoms with van der Waals surface area (Å²) in [7, 11) is 2.86. The van der Waals surface area contributed by atoms with Crippen molar-refractivity contribution in [1.82, 2.24) is 16.1 Å². The van der Waals surface area contributed by atoms with Crippen LogP contribution in [0.2, 0.25) is 0 Å². The Kier molecular flexibility index (Phi) is 10.1. The van der Waals surface area contributed by atoms with Gasteiger partial charge in [-0.25, -0.2) is 15.0 Å². The Morgan fingerprint density at radius 1 is 1.02 bits per heavy atom. The molecule has 0 saturated heterocycles. The van der Waals surface area contributed by atoms with Gasteiger partial charge in [0, 0.05) is 12.6 Å². The zero-order valence-corrected chi connectivity index (χ0v) is 22.7. The van der Waals surface area contributed by atoms with Gasteiger partial charge in [0.2, 0.25) is 0 Å². The molecule has 0 fully saturated rings. The summed E-state index contributed by atoms with van der Waals surface area (Å²) >= 11 is 0. The van der Waals surface area contributed by atoms with E-state index in [1.807, 2.05) is 0 Å². The standard InChI is InChI=1S/C27H30N4O9/c1-6-38-26(34)24-15(2)29-27(35)30-25(24)18-8-10-19(22(12-18)37-5)39-14-23(33)31-28-13-17-7-9-20(40-16(3)32)21(11-17)36-4/h7-13,25H,6,14H2,1-5H3,(H,31,33)(H2,29,30,35)/b28-13-/t25-/m0/s1. The summed E-state index contributed by atoms with van der Waals surface area (Å²) < 4.78 is 26.4. The van der Waals surface area contributed by atoms with Crippen LogP contribution in [0.15, 0.2) is 52.8 Å². The van der Waals surface area contributed by atoms with Crippen LogP contribution in [0.25, 0.3) is 0 Å². The minimum absolute atomic E-state index is 0.176. The molecule has 0 spiro atoms. The molecule has 0 aliphatic carbocycles. The van der Waals surface area contributed by atoms with Gasteiger partial charge in [0.05, 0.1) is 38.7 Å². The minimum Gasteiger partial charge on any atom is -0.493 e. The Morgan fingerprint density at radius 2 is 1.73 bits per heavy atom. The smallest absolute Gasteiger partial charge is 0.338 e. The first-order valence-corrected chi connectivity index (χ1v) is 12.1. The molecular weight excluding hydrogens is 524 g/mol. The maximum Gasteiger partial charge on any atom is 0.338 e. The molecule has 0 radical (unpaired) electrons. The largest absolute Gasteiger partial charge is 0.493 e. The highest BCUT2D eigenvalue weighted by Gasteiger charge is 2.32. The molecular formula is C27H30N4O9. The zero-order valence-electron chi connectivity index (χ0n) is 22.7. The summed E-state index contributed by atoms with van der Waals surface area (Å²) in [5.74, 6) is -0.460. The molecule has 3 amide bonds. The van der Waals surface area contributed by atoms with Crippen LogP contribution < -0.4 is 35.0 Å². The van der Waals surface area contributed by atoms with Gasteiger partial charge < -0.3 is 34.3 Å². The van der Waals surface area contributed by atoms with Gasteiger partial charge >= 0.3 is 18.0 Å². The van der Waals surface area contributed by atoms with Crippen LogP contribution in [0.1, 0.15) is 37.9 Å². The van der Waals surface area contributed by atoms with Crippen LogP contribution >= 0.6 is 0 Å². The SMILES string of the molecule is CCOC(=O)C1=C(C)NC(=O)N[C@H]1c1ccc(OCC(=O)N/N=C\c2ccc(OC(C)=O)c(OC)c2)c(OC)c1. The van der Waals surface area contributed by atoms with Gasteiger partial charge in [-0.15, -0.1) is 0 Å². The molecule has 2 aromatic carbocycles. The molecule has 2 aromatic rings. The summed E-state index contributed by atoms with van der Waals surface area (Å²) in [6.45, 7) is 4.39. The van der Waals surface area contributed by atoms with Gasteiger partial charge in [-0.2, -0.15) is 5.10 Å². The average Bonchev–Trinajstić information content (AvgIpc) is 2.91. The van der Waals surface area contributed by atoms with Crippen molar-refractivity contribution >= 4 is 30.1 Å². The Hall–Kier alpha value is -5.07. The molecule has 212 valence electrons. The Labute approximate surface area is 230 Å². The molecule has 0 saturated carbocycles. The van der Waals surface area contributed by atoms with Crippen molar-refractivity contribution in [1.29, 1.82) is 0 Å². The maximum atomic E-state index is 12.6. The first-order chi connectivity index (χ1) is 19.2. The molecule has 1 heterocycles. The van der Waals surface area contributed by atoms with Gasteiger partial charge in [-0.05, 0) is 55.3 Å². The third-order valence-electron chi connectivity index (χ3n) is 5.49. The summed E-state index contributed by atoms with van der Waals surface area (Å²) in [4.78, 5) is 48.1. The monoisotopic (exact) mass is 554 g/mol. The highest BCUT2D eigenvalue weighted by Crippen LogP contribution is 2.34. The number of esters is 2. The molecule has 13 heteroatoms. The number of rotatable bonds is 11. The van der Waals surface area contributed by atoms with Crippen molar-refractivity contribution in [2.24, 2.45) is 5.10 Å². The second kappa shape index (κ2) is 13.6. The first-order valence-electron chi connectivity index (χ1n) is 12.1. The van der Waals surface area contributed by atoms with Crippen LogP contribution in [0.3, 0.4) is 0 Å². The number of carbonyl (C=O) groups is 4. The van der Waals surface area contributed by atoms with E-state index in [9.17, 15) is 19.2 Å². The predicted molar refractivity (Wildman–Crippen MR) is 142 cm³/mol. The Balaban J connectivity index is 1.66. The number of hydrazone groups is 1. The number of urea groups is 1. The fraction of sp³-hybridized carbons (Fsp3) is 0.296. The van der Waals surface area contributed by atoms with Crippen molar-refractivity contribution in [2.75, 3.05) is 27.4 Å². The Morgan fingerprint density at radius 3 is 2.40 bits per heavy atom. The molecule has 0 unspecified atom stereocenters. The number of hydrogen-bond donors (Lipinski definition) is 3. The van der Waals surface area contributed by atoms with E-state index in [2.05, 4.69) is 21.2 Å². The molecule has 0 aromatic heterocycles. The normalized spacial score (nSPS) is 14.6. The Bertz CT molecular complexity index is 1350. The fourth-order valence-corrected chi connectivity index (χ4v) is 3.76. The lowest BCUT2D eigenvalue weighted by atomic mass is 9.95. The second-order valence-electron chi connectivity index (χ2n) is 8.29. The predicted octanol–water partition coefficient (Wildman–Crippen LogP) is 2.35. The van der Waals surface area contributed by atoms with E-state index in [4.69, 9.17) is 23.7 Å². The van der Waals surface area contributed by atoms with E-state index in [1.54, 1.807) is 50.2 Å². The second-order valence-corrected chi connectivity index (χ2v) is 8.29. The molecule has 13 nitrogen and oxygen atoms in total. The van der Waals surface area contributed by atoms with E-state index in [0.29, 0.717) is 22.6 Å². The van der Waals surface area contributed by atoms with Crippen LogP contribution in [0.4, 0.5) is 4.79 Å². The van der Waals surface area contributed by atoms with Crippen molar-refractivity contribution in [2.45, 2.75) is 26.8 Å². The molecule has 40 heavy (non-hydrogen) atoms. The average molecular weight is 555 g/mol. The van der Waals surface area contributed by atoms with E-state index < -0.39 is 29.9 Å². The van der Waals surface area contributed by atoms with Crippen LogP contribution in [-0.2, 0) is 19.1 Å². The summed E-state index contributed by atoms with van der Waals surface area (Å²) in [5.41, 5.74) is 4.12. The number of nitrogens with one attached hydrogen (secondary N) is 3. The lowest BCUT2D eigenvalue weighted by Crippen LogP contribution is -2.45. The first kappa shape index (κ1) is 29.5. The molecule has 1 aliphatic rings. The zero-order chi connectivity index (χ0) is 29.2. The van der Waals surface area contributed by atoms with Gasteiger partial charge in [0.25, 0.3) is 5.91 Å². The van der Waals surface area contributed by atoms with Crippen molar-refractivity contribution < 1.29 is 42.9 Å². The summed E-state index contributed by atoms with van der Waals surface area (Å²) in [5, 5.41) is 9.19. The van der Waals surface area contributed by atoms with E-state index in [1.165, 1.54) is 27.4 Å².